The van der Waals surface area contributed by atoms with Gasteiger partial charge >= 0.3 is 0 Å². The Kier molecular flexibility index (Phi) is 14.9. The number of rotatable bonds is 20. The maximum Gasteiger partial charge on any atom is 0.244 e. The van der Waals surface area contributed by atoms with Gasteiger partial charge in [-0.15, -0.1) is 37.0 Å². The van der Waals surface area contributed by atoms with Crippen molar-refractivity contribution in [2.24, 2.45) is 11.5 Å². The number of nitrogens with two attached hydrogens (primary N) is 2. The quantitative estimate of drug-likeness (QED) is 0.0505. The standard InChI is InChI=1S/C48H48N10O6/c1-4-13-34(49)44(60)57-41(23-29-26-52-36-20-11-8-17-32(29)36)47(63)55-39(15-6-3)46(62)58-42(24-30-27-53-37-21-12-9-18-33(30)37)48(64)54-38(14-5-2)45(61)56-40(43(50)59)22-28-25-51-35-19-10-7-16-31(28)35/h1-3,7-12,16-21,25-27,34,38-42,51-53H,13-15,22-24,49H2,(H2,50,59)(H,54,64)(H,55,63)(H,56,61)(H,57,60)(H,58,62)/t34-,38-,39-,40-,41-,42-/m0/s1. The lowest BCUT2D eigenvalue weighted by atomic mass is 10.0. The minimum Gasteiger partial charge on any atom is -0.368 e. The molecule has 0 aliphatic heterocycles. The highest BCUT2D eigenvalue weighted by atomic mass is 16.2. The number of H-pyrrole nitrogens is 3. The molecule has 64 heavy (non-hydrogen) atoms. The highest BCUT2D eigenvalue weighted by Gasteiger charge is 2.33. The number of aromatic nitrogens is 3. The van der Waals surface area contributed by atoms with Gasteiger partial charge < -0.3 is 53.0 Å². The number of primary amides is 1. The molecular formula is C48H48N10O6. The van der Waals surface area contributed by atoms with Gasteiger partial charge in [0.15, 0.2) is 0 Å². The number of hydrogen-bond donors (Lipinski definition) is 10. The summed E-state index contributed by atoms with van der Waals surface area (Å²) in [5.74, 6) is 2.44. The fourth-order valence-corrected chi connectivity index (χ4v) is 7.44. The zero-order chi connectivity index (χ0) is 45.8. The van der Waals surface area contributed by atoms with Gasteiger partial charge in [0.2, 0.25) is 35.4 Å². The summed E-state index contributed by atoms with van der Waals surface area (Å²) in [4.78, 5) is 91.5. The third kappa shape index (κ3) is 11.0. The summed E-state index contributed by atoms with van der Waals surface area (Å²) in [5, 5.41) is 15.7. The van der Waals surface area contributed by atoms with Gasteiger partial charge in [0.25, 0.3) is 0 Å². The summed E-state index contributed by atoms with van der Waals surface area (Å²) in [5.41, 5.74) is 16.2. The van der Waals surface area contributed by atoms with Crippen molar-refractivity contribution in [1.29, 1.82) is 0 Å². The van der Waals surface area contributed by atoms with Gasteiger partial charge in [-0.05, 0) is 34.9 Å². The zero-order valence-corrected chi connectivity index (χ0v) is 34.7. The first-order valence-electron chi connectivity index (χ1n) is 20.4. The first-order valence-corrected chi connectivity index (χ1v) is 20.4. The van der Waals surface area contributed by atoms with Crippen molar-refractivity contribution in [2.75, 3.05) is 0 Å². The molecule has 0 saturated carbocycles. The molecule has 0 saturated heterocycles. The van der Waals surface area contributed by atoms with Crippen LogP contribution in [-0.2, 0) is 48.0 Å². The number of carbonyl (C=O) groups excluding carboxylic acids is 6. The molecule has 6 rings (SSSR count). The molecule has 0 spiro atoms. The Bertz CT molecular complexity index is 2820. The van der Waals surface area contributed by atoms with Gasteiger partial charge in [0.05, 0.1) is 6.04 Å². The predicted molar refractivity (Wildman–Crippen MR) is 243 cm³/mol. The highest BCUT2D eigenvalue weighted by molar-refractivity contribution is 5.98. The lowest BCUT2D eigenvalue weighted by molar-refractivity contribution is -0.135. The van der Waals surface area contributed by atoms with Crippen LogP contribution in [0.1, 0.15) is 36.0 Å². The fourth-order valence-electron chi connectivity index (χ4n) is 7.44. The van der Waals surface area contributed by atoms with Crippen molar-refractivity contribution < 1.29 is 28.8 Å². The number of amides is 6. The van der Waals surface area contributed by atoms with Crippen LogP contribution in [0.5, 0.6) is 0 Å². The second-order valence-electron chi connectivity index (χ2n) is 15.2. The molecule has 3 aromatic heterocycles. The van der Waals surface area contributed by atoms with Gasteiger partial charge in [0.1, 0.15) is 30.2 Å². The minimum absolute atomic E-state index is 0.00261. The first kappa shape index (κ1) is 45.3. The molecule has 16 heteroatoms. The highest BCUT2D eigenvalue weighted by Crippen LogP contribution is 2.22. The van der Waals surface area contributed by atoms with Crippen LogP contribution in [0.3, 0.4) is 0 Å². The first-order chi connectivity index (χ1) is 30.9. The van der Waals surface area contributed by atoms with E-state index in [1.165, 1.54) is 0 Å². The third-order valence-electron chi connectivity index (χ3n) is 10.8. The molecule has 6 aromatic rings. The van der Waals surface area contributed by atoms with E-state index < -0.39 is 71.7 Å². The van der Waals surface area contributed by atoms with Gasteiger partial charge in [-0.2, -0.15) is 0 Å². The second kappa shape index (κ2) is 21.0. The van der Waals surface area contributed by atoms with E-state index in [9.17, 15) is 28.8 Å². The maximum atomic E-state index is 14.3. The molecule has 0 unspecified atom stereocenters. The summed E-state index contributed by atoms with van der Waals surface area (Å²) in [6, 6.07) is 14.5. The smallest absolute Gasteiger partial charge is 0.244 e. The summed E-state index contributed by atoms with van der Waals surface area (Å²) in [6.45, 7) is 0. The van der Waals surface area contributed by atoms with Gasteiger partial charge in [-0.3, -0.25) is 28.8 Å². The van der Waals surface area contributed by atoms with Crippen LogP contribution in [0, 0.1) is 37.0 Å². The van der Waals surface area contributed by atoms with Crippen molar-refractivity contribution in [1.82, 2.24) is 41.5 Å². The van der Waals surface area contributed by atoms with Gasteiger partial charge in [0, 0.05) is 89.8 Å². The van der Waals surface area contributed by atoms with E-state index in [1.54, 1.807) is 18.6 Å². The zero-order valence-electron chi connectivity index (χ0n) is 34.7. The van der Waals surface area contributed by atoms with E-state index in [4.69, 9.17) is 30.7 Å². The molecule has 0 bridgehead atoms. The van der Waals surface area contributed by atoms with Crippen molar-refractivity contribution in [3.8, 4) is 37.0 Å². The van der Waals surface area contributed by atoms with Crippen molar-refractivity contribution >= 4 is 68.2 Å². The van der Waals surface area contributed by atoms with Gasteiger partial charge in [-0.1, -0.05) is 54.6 Å². The van der Waals surface area contributed by atoms with Crippen LogP contribution in [0.4, 0.5) is 0 Å². The monoisotopic (exact) mass is 860 g/mol. The van der Waals surface area contributed by atoms with E-state index in [0.717, 1.165) is 38.3 Å². The number of nitrogens with one attached hydrogen (secondary N) is 8. The summed E-state index contributed by atoms with van der Waals surface area (Å²) in [7, 11) is 0. The van der Waals surface area contributed by atoms with Crippen LogP contribution in [-0.4, -0.2) is 86.6 Å². The Morgan fingerprint density at radius 1 is 0.469 bits per heavy atom. The molecular weight excluding hydrogens is 813 g/mol. The molecule has 6 atom stereocenters. The van der Waals surface area contributed by atoms with Crippen LogP contribution < -0.4 is 38.1 Å². The Balaban J connectivity index is 1.23. The Labute approximate surface area is 368 Å². The van der Waals surface area contributed by atoms with E-state index in [2.05, 4.69) is 59.3 Å². The average Bonchev–Trinajstić information content (AvgIpc) is 4.02. The lowest BCUT2D eigenvalue weighted by Gasteiger charge is -2.26. The topological polar surface area (TPSA) is 262 Å². The normalized spacial score (nSPS) is 13.8. The van der Waals surface area contributed by atoms with Crippen LogP contribution in [0.2, 0.25) is 0 Å². The number of fused-ring (bicyclic) bond motifs is 3. The Morgan fingerprint density at radius 3 is 1.16 bits per heavy atom. The van der Waals surface area contributed by atoms with Gasteiger partial charge in [-0.25, -0.2) is 0 Å². The predicted octanol–water partition coefficient (Wildman–Crippen LogP) is 1.46. The molecule has 0 aliphatic carbocycles. The number of hydrogen-bond acceptors (Lipinski definition) is 7. The van der Waals surface area contributed by atoms with E-state index in [0.29, 0.717) is 11.1 Å². The Hall–Kier alpha value is -8.26. The van der Waals surface area contributed by atoms with E-state index in [1.807, 2.05) is 72.8 Å². The summed E-state index contributed by atoms with van der Waals surface area (Å²) in [6.07, 6.45) is 21.1. The molecule has 326 valence electrons. The maximum absolute atomic E-state index is 14.3. The average molecular weight is 861 g/mol. The van der Waals surface area contributed by atoms with E-state index >= 15 is 0 Å². The molecule has 16 nitrogen and oxygen atoms in total. The molecule has 0 radical (unpaired) electrons. The Morgan fingerprint density at radius 2 is 0.781 bits per heavy atom. The summed E-state index contributed by atoms with van der Waals surface area (Å²) < 4.78 is 0. The SMILES string of the molecule is C#CC[C@H](NC(=O)[C@H](Cc1c[nH]c2ccccc12)NC(=O)[C@H](CC#C)NC(=O)[C@H](Cc1c[nH]c2ccccc12)NC(=O)[C@@H](N)CC#C)C(=O)N[C@@H](Cc1c[nH]c2ccccc12)C(N)=O. The number of benzene rings is 3. The molecule has 3 aromatic carbocycles. The molecule has 3 heterocycles. The van der Waals surface area contributed by atoms with E-state index in [-0.39, 0.29) is 38.5 Å². The lowest BCUT2D eigenvalue weighted by Crippen LogP contribution is -2.60. The minimum atomic E-state index is -1.40. The summed E-state index contributed by atoms with van der Waals surface area (Å²) >= 11 is 0. The largest absolute Gasteiger partial charge is 0.368 e. The number of terminal acetylenes is 3. The molecule has 6 amide bonds. The number of aromatic amines is 3. The molecule has 0 fully saturated rings. The van der Waals surface area contributed by atoms with Crippen LogP contribution in [0.25, 0.3) is 32.7 Å². The fraction of sp³-hybridized carbons (Fsp3) is 0.250. The second-order valence-corrected chi connectivity index (χ2v) is 15.2. The number of para-hydroxylation sites is 3. The molecule has 12 N–H and O–H groups in total. The van der Waals surface area contributed by atoms with Crippen molar-refractivity contribution in [3.05, 3.63) is 108 Å². The molecule has 0 aliphatic rings. The number of carbonyl (C=O) groups is 6. The van der Waals surface area contributed by atoms with Crippen LogP contribution in [0.15, 0.2) is 91.4 Å². The van der Waals surface area contributed by atoms with Crippen molar-refractivity contribution in [3.63, 3.8) is 0 Å². The van der Waals surface area contributed by atoms with Crippen molar-refractivity contribution in [2.45, 2.75) is 74.8 Å². The van der Waals surface area contributed by atoms with Crippen LogP contribution >= 0.6 is 0 Å². The third-order valence-corrected chi connectivity index (χ3v) is 10.8.